The number of hydrogen-bond donors (Lipinski definition) is 1. The van der Waals surface area contributed by atoms with Crippen molar-refractivity contribution in [2.45, 2.75) is 32.4 Å². The van der Waals surface area contributed by atoms with Crippen molar-refractivity contribution < 1.29 is 9.53 Å². The second-order valence-electron chi connectivity index (χ2n) is 7.16. The molecular weight excluding hydrogens is 382 g/mol. The standard InChI is InChI=1S/C23H23N3O4/c1-2-30-20-10-6-5-9-19(20)26-14-13-25(22(28)23(26)29)15-21(27)24-18-12-11-16-7-3-4-8-17(16)18/h3-10,13-14,18H,2,11-12,15H2,1H3,(H,24,27)/t18-/m1/s1. The Morgan fingerprint density at radius 1 is 1.07 bits per heavy atom. The molecule has 1 amide bonds. The van der Waals surface area contributed by atoms with E-state index in [1.54, 1.807) is 24.3 Å². The highest BCUT2D eigenvalue weighted by Gasteiger charge is 2.23. The zero-order valence-corrected chi connectivity index (χ0v) is 16.7. The molecule has 30 heavy (non-hydrogen) atoms. The van der Waals surface area contributed by atoms with Gasteiger partial charge < -0.3 is 10.1 Å². The lowest BCUT2D eigenvalue weighted by atomic mass is 10.1. The fourth-order valence-electron chi connectivity index (χ4n) is 3.86. The van der Waals surface area contributed by atoms with E-state index in [0.717, 1.165) is 23.0 Å². The predicted molar refractivity (Wildman–Crippen MR) is 113 cm³/mol. The number of benzene rings is 2. The minimum absolute atomic E-state index is 0.0668. The summed E-state index contributed by atoms with van der Waals surface area (Å²) < 4.78 is 7.93. The van der Waals surface area contributed by atoms with Gasteiger partial charge in [-0.05, 0) is 43.0 Å². The first-order valence-corrected chi connectivity index (χ1v) is 10.00. The molecule has 0 saturated heterocycles. The quantitative estimate of drug-likeness (QED) is 0.638. The van der Waals surface area contributed by atoms with Gasteiger partial charge in [-0.25, -0.2) is 0 Å². The van der Waals surface area contributed by atoms with Crippen LogP contribution >= 0.6 is 0 Å². The van der Waals surface area contributed by atoms with E-state index in [-0.39, 0.29) is 18.5 Å². The minimum Gasteiger partial charge on any atom is -0.492 e. The number of aryl methyl sites for hydroxylation is 1. The van der Waals surface area contributed by atoms with Crippen LogP contribution in [0.3, 0.4) is 0 Å². The number of aromatic nitrogens is 2. The van der Waals surface area contributed by atoms with Crippen LogP contribution in [0, 0.1) is 0 Å². The van der Waals surface area contributed by atoms with Crippen molar-refractivity contribution in [1.82, 2.24) is 14.5 Å². The molecular formula is C23H23N3O4. The Morgan fingerprint density at radius 3 is 2.67 bits per heavy atom. The van der Waals surface area contributed by atoms with Crippen LogP contribution in [-0.2, 0) is 17.8 Å². The van der Waals surface area contributed by atoms with E-state index >= 15 is 0 Å². The summed E-state index contributed by atoms with van der Waals surface area (Å²) in [5.41, 5.74) is 1.34. The summed E-state index contributed by atoms with van der Waals surface area (Å²) in [6.07, 6.45) is 4.68. The molecule has 0 spiro atoms. The van der Waals surface area contributed by atoms with E-state index in [0.29, 0.717) is 18.0 Å². The van der Waals surface area contributed by atoms with E-state index in [1.807, 2.05) is 25.1 Å². The normalized spacial score (nSPS) is 14.9. The first kappa shape index (κ1) is 19.7. The van der Waals surface area contributed by atoms with Crippen LogP contribution in [0.4, 0.5) is 0 Å². The maximum Gasteiger partial charge on any atom is 0.321 e. The van der Waals surface area contributed by atoms with Crippen molar-refractivity contribution in [3.8, 4) is 11.4 Å². The van der Waals surface area contributed by atoms with Gasteiger partial charge in [0.15, 0.2) is 0 Å². The van der Waals surface area contributed by atoms with Gasteiger partial charge in [-0.1, -0.05) is 36.4 Å². The van der Waals surface area contributed by atoms with Crippen molar-refractivity contribution >= 4 is 5.91 Å². The third-order valence-corrected chi connectivity index (χ3v) is 5.26. The summed E-state index contributed by atoms with van der Waals surface area (Å²) in [7, 11) is 0. The SMILES string of the molecule is CCOc1ccccc1-n1ccn(CC(=O)N[C@@H]2CCc3ccccc32)c(=O)c1=O. The Morgan fingerprint density at radius 2 is 1.83 bits per heavy atom. The number of carbonyl (C=O) groups excluding carboxylic acids is 1. The highest BCUT2D eigenvalue weighted by atomic mass is 16.5. The van der Waals surface area contributed by atoms with Gasteiger partial charge in [0.05, 0.1) is 18.3 Å². The molecule has 1 atom stereocenters. The summed E-state index contributed by atoms with van der Waals surface area (Å²) in [6, 6.07) is 15.0. The Hall–Kier alpha value is -3.61. The highest BCUT2D eigenvalue weighted by Crippen LogP contribution is 2.30. The molecule has 0 bridgehead atoms. The summed E-state index contributed by atoms with van der Waals surface area (Å²) in [4.78, 5) is 37.8. The fraction of sp³-hybridized carbons (Fsp3) is 0.261. The molecule has 154 valence electrons. The Balaban J connectivity index is 1.54. The second kappa shape index (κ2) is 8.41. The third kappa shape index (κ3) is 3.78. The van der Waals surface area contributed by atoms with Crippen molar-refractivity contribution in [1.29, 1.82) is 0 Å². The molecule has 1 N–H and O–H groups in total. The van der Waals surface area contributed by atoms with E-state index in [4.69, 9.17) is 4.74 Å². The molecule has 2 aromatic carbocycles. The van der Waals surface area contributed by atoms with Crippen molar-refractivity contribution in [2.75, 3.05) is 6.61 Å². The molecule has 0 saturated carbocycles. The minimum atomic E-state index is -0.759. The number of nitrogens with zero attached hydrogens (tertiary/aromatic N) is 2. The van der Waals surface area contributed by atoms with Gasteiger partial charge in [0, 0.05) is 12.4 Å². The summed E-state index contributed by atoms with van der Waals surface area (Å²) >= 11 is 0. The zero-order valence-electron chi connectivity index (χ0n) is 16.7. The average molecular weight is 405 g/mol. The fourth-order valence-corrected chi connectivity index (χ4v) is 3.86. The van der Waals surface area contributed by atoms with E-state index in [1.165, 1.54) is 22.5 Å². The molecule has 0 aliphatic heterocycles. The smallest absolute Gasteiger partial charge is 0.321 e. The number of rotatable bonds is 6. The van der Waals surface area contributed by atoms with Crippen LogP contribution in [0.25, 0.3) is 5.69 Å². The number of para-hydroxylation sites is 2. The first-order chi connectivity index (χ1) is 14.6. The largest absolute Gasteiger partial charge is 0.492 e. The van der Waals surface area contributed by atoms with Crippen molar-refractivity contribution in [2.24, 2.45) is 0 Å². The molecule has 0 fully saturated rings. The molecule has 1 aliphatic rings. The first-order valence-electron chi connectivity index (χ1n) is 10.00. The summed E-state index contributed by atoms with van der Waals surface area (Å²) in [5, 5.41) is 2.97. The van der Waals surface area contributed by atoms with Crippen molar-refractivity contribution in [3.05, 3.63) is 92.8 Å². The molecule has 1 heterocycles. The molecule has 1 aliphatic carbocycles. The topological polar surface area (TPSA) is 82.3 Å². The van der Waals surface area contributed by atoms with Crippen molar-refractivity contribution in [3.63, 3.8) is 0 Å². The predicted octanol–water partition coefficient (Wildman–Crippen LogP) is 2.20. The van der Waals surface area contributed by atoms with Gasteiger partial charge >= 0.3 is 11.1 Å². The van der Waals surface area contributed by atoms with Crippen LogP contribution < -0.4 is 21.2 Å². The molecule has 1 aromatic heterocycles. The van der Waals surface area contributed by atoms with E-state index < -0.39 is 11.1 Å². The summed E-state index contributed by atoms with van der Waals surface area (Å²) in [5.74, 6) is 0.211. The molecule has 7 nitrogen and oxygen atoms in total. The summed E-state index contributed by atoms with van der Waals surface area (Å²) in [6.45, 7) is 2.08. The lowest BCUT2D eigenvalue weighted by Gasteiger charge is -2.15. The maximum atomic E-state index is 12.7. The van der Waals surface area contributed by atoms with Gasteiger partial charge in [-0.15, -0.1) is 0 Å². The van der Waals surface area contributed by atoms with Crippen LogP contribution in [-0.4, -0.2) is 21.6 Å². The molecule has 0 radical (unpaired) electrons. The monoisotopic (exact) mass is 405 g/mol. The van der Waals surface area contributed by atoms with Crippen LogP contribution in [0.1, 0.15) is 30.5 Å². The molecule has 7 heteroatoms. The number of amides is 1. The van der Waals surface area contributed by atoms with Gasteiger partial charge in [0.1, 0.15) is 12.3 Å². The van der Waals surface area contributed by atoms with E-state index in [9.17, 15) is 14.4 Å². The molecule has 3 aromatic rings. The zero-order chi connectivity index (χ0) is 21.1. The Labute approximate surface area is 173 Å². The number of hydrogen-bond acceptors (Lipinski definition) is 4. The Bertz CT molecular complexity index is 1200. The number of ether oxygens (including phenoxy) is 1. The number of carbonyl (C=O) groups is 1. The number of fused-ring (bicyclic) bond motifs is 1. The van der Waals surface area contributed by atoms with Gasteiger partial charge in [-0.3, -0.25) is 23.5 Å². The van der Waals surface area contributed by atoms with Crippen LogP contribution in [0.2, 0.25) is 0 Å². The second-order valence-corrected chi connectivity index (χ2v) is 7.16. The lowest BCUT2D eigenvalue weighted by molar-refractivity contribution is -0.122. The number of nitrogens with one attached hydrogen (secondary N) is 1. The average Bonchev–Trinajstić information content (AvgIpc) is 3.15. The van der Waals surface area contributed by atoms with Crippen LogP contribution in [0.5, 0.6) is 5.75 Å². The molecule has 0 unspecified atom stereocenters. The maximum absolute atomic E-state index is 12.7. The van der Waals surface area contributed by atoms with Crippen LogP contribution in [0.15, 0.2) is 70.5 Å². The van der Waals surface area contributed by atoms with E-state index in [2.05, 4.69) is 11.4 Å². The molecule has 4 rings (SSSR count). The lowest BCUT2D eigenvalue weighted by Crippen LogP contribution is -2.43. The van der Waals surface area contributed by atoms with Gasteiger partial charge in [-0.2, -0.15) is 0 Å². The van der Waals surface area contributed by atoms with Gasteiger partial charge in [0.25, 0.3) is 0 Å². The van der Waals surface area contributed by atoms with Gasteiger partial charge in [0.2, 0.25) is 5.91 Å². The Kier molecular flexibility index (Phi) is 5.52. The highest BCUT2D eigenvalue weighted by molar-refractivity contribution is 5.76. The third-order valence-electron chi connectivity index (χ3n) is 5.26.